The van der Waals surface area contributed by atoms with Crippen molar-refractivity contribution in [2.75, 3.05) is 0 Å². The van der Waals surface area contributed by atoms with Crippen LogP contribution in [0.4, 0.5) is 0 Å². The number of rotatable bonds is 3. The molecule has 2 nitrogen and oxygen atoms in total. The van der Waals surface area contributed by atoms with Crippen LogP contribution >= 0.6 is 0 Å². The summed E-state index contributed by atoms with van der Waals surface area (Å²) in [6.07, 6.45) is 0. The van der Waals surface area contributed by atoms with Crippen LogP contribution in [0.15, 0.2) is 24.3 Å². The van der Waals surface area contributed by atoms with E-state index in [0.29, 0.717) is 5.75 Å². The molecule has 0 bridgehead atoms. The van der Waals surface area contributed by atoms with Crippen LogP contribution in [0.2, 0.25) is 13.1 Å². The smallest absolute Gasteiger partial charge is 0.260 e. The van der Waals surface area contributed by atoms with Crippen molar-refractivity contribution in [1.82, 2.24) is 0 Å². The molecule has 1 N–H and O–H groups in total. The van der Waals surface area contributed by atoms with Gasteiger partial charge in [-0.15, -0.1) is 0 Å². The van der Waals surface area contributed by atoms with Gasteiger partial charge in [-0.25, -0.2) is 0 Å². The molecular weight excluding hydrogens is 184 g/mol. The van der Waals surface area contributed by atoms with Gasteiger partial charge in [0, 0.05) is 5.19 Å². The van der Waals surface area contributed by atoms with Crippen molar-refractivity contribution in [2.24, 2.45) is 0 Å². The summed E-state index contributed by atoms with van der Waals surface area (Å²) in [5.41, 5.74) is 0. The molecule has 63 valence electrons. The zero-order valence-corrected chi connectivity index (χ0v) is 9.16. The van der Waals surface area contributed by atoms with Crippen molar-refractivity contribution in [2.45, 2.75) is 13.1 Å². The fourth-order valence-corrected chi connectivity index (χ4v) is 2.33. The first-order valence-electron chi connectivity index (χ1n) is 3.71. The number of benzene rings is 1. The van der Waals surface area contributed by atoms with Gasteiger partial charge in [0.1, 0.15) is 5.75 Å². The highest BCUT2D eigenvalue weighted by Crippen LogP contribution is 2.01. The van der Waals surface area contributed by atoms with E-state index >= 15 is 0 Å². The molecule has 0 amide bonds. The second kappa shape index (κ2) is 4.44. The maximum Gasteiger partial charge on any atom is 0.260 e. The Morgan fingerprint density at radius 2 is 2.00 bits per heavy atom. The van der Waals surface area contributed by atoms with Crippen molar-refractivity contribution < 1.29 is 9.22 Å². The van der Waals surface area contributed by atoms with Gasteiger partial charge in [0.05, 0.1) is 0 Å². The molecule has 0 atom stereocenters. The van der Waals surface area contributed by atoms with Crippen LogP contribution < -0.4 is 5.19 Å². The Labute approximate surface area is 76.9 Å². The molecule has 0 aliphatic carbocycles. The van der Waals surface area contributed by atoms with E-state index < -0.39 is 9.04 Å². The van der Waals surface area contributed by atoms with Crippen LogP contribution in [-0.4, -0.2) is 23.9 Å². The molecule has 0 aliphatic rings. The Morgan fingerprint density at radius 3 is 2.58 bits per heavy atom. The molecule has 1 aromatic carbocycles. The number of hydrogen-bond acceptors (Lipinski definition) is 2. The summed E-state index contributed by atoms with van der Waals surface area (Å²) in [6, 6.07) is 7.29. The van der Waals surface area contributed by atoms with Gasteiger partial charge in [0.2, 0.25) is 0 Å². The second-order valence-electron chi connectivity index (χ2n) is 2.63. The van der Waals surface area contributed by atoms with Gasteiger partial charge in [-0.1, -0.05) is 18.2 Å². The van der Waals surface area contributed by atoms with Gasteiger partial charge in [0.25, 0.3) is 9.76 Å². The first kappa shape index (κ1) is 9.50. The predicted molar refractivity (Wildman–Crippen MR) is 52.1 cm³/mol. The molecule has 0 saturated heterocycles. The van der Waals surface area contributed by atoms with E-state index in [9.17, 15) is 5.11 Å². The van der Waals surface area contributed by atoms with Crippen molar-refractivity contribution in [1.29, 1.82) is 0 Å². The number of aromatic hydroxyl groups is 1. The van der Waals surface area contributed by atoms with Crippen LogP contribution in [0.1, 0.15) is 0 Å². The first-order chi connectivity index (χ1) is 5.70. The van der Waals surface area contributed by atoms with Crippen molar-refractivity contribution in [3.63, 3.8) is 0 Å². The fraction of sp³-hybridized carbons (Fsp3) is 0.250. The zero-order chi connectivity index (χ0) is 8.97. The molecule has 0 saturated carbocycles. The first-order valence-corrected chi connectivity index (χ1v) is 7.03. The lowest BCUT2D eigenvalue weighted by molar-refractivity contribution is 0.478. The molecule has 0 fully saturated rings. The van der Waals surface area contributed by atoms with Crippen LogP contribution in [0.3, 0.4) is 0 Å². The van der Waals surface area contributed by atoms with Crippen molar-refractivity contribution in [3.05, 3.63) is 24.3 Å². The zero-order valence-electron chi connectivity index (χ0n) is 7.16. The van der Waals surface area contributed by atoms with Crippen LogP contribution in [0, 0.1) is 0 Å². The minimum atomic E-state index is -0.647. The minimum absolute atomic E-state index is 0.279. The standard InChI is InChI=1S/C8H11O2Si2/c1-12(2)10-11-8-6-4-3-5-7(8)9/h3-6,9H,1-2H3. The number of para-hydroxylation sites is 1. The number of phenolic OH excluding ortho intramolecular Hbond substituents is 1. The van der Waals surface area contributed by atoms with Crippen LogP contribution in [0.5, 0.6) is 5.75 Å². The Kier molecular flexibility index (Phi) is 3.52. The molecule has 0 aliphatic heterocycles. The van der Waals surface area contributed by atoms with E-state index in [1.54, 1.807) is 6.07 Å². The fourth-order valence-electron chi connectivity index (χ4n) is 0.717. The molecule has 12 heavy (non-hydrogen) atoms. The summed E-state index contributed by atoms with van der Waals surface area (Å²) in [7, 11) is -0.369. The molecule has 0 unspecified atom stereocenters. The Bertz CT molecular complexity index is 251. The molecule has 0 heterocycles. The average Bonchev–Trinajstić information content (AvgIpc) is 2.03. The lowest BCUT2D eigenvalue weighted by Gasteiger charge is -2.05. The average molecular weight is 195 g/mol. The highest BCUT2D eigenvalue weighted by atomic mass is 28.3. The third-order valence-electron chi connectivity index (χ3n) is 1.27. The summed E-state index contributed by atoms with van der Waals surface area (Å²) in [5.74, 6) is 0.332. The van der Waals surface area contributed by atoms with Crippen molar-refractivity contribution in [3.8, 4) is 5.75 Å². The lowest BCUT2D eigenvalue weighted by Crippen LogP contribution is -2.23. The largest absolute Gasteiger partial charge is 0.508 e. The van der Waals surface area contributed by atoms with E-state index in [0.717, 1.165) is 5.19 Å². The summed E-state index contributed by atoms with van der Waals surface area (Å²) in [6.45, 7) is 4.16. The van der Waals surface area contributed by atoms with Gasteiger partial charge < -0.3 is 9.22 Å². The molecule has 1 aromatic rings. The molecule has 1 rings (SSSR count). The van der Waals surface area contributed by atoms with E-state index in [-0.39, 0.29) is 9.76 Å². The van der Waals surface area contributed by atoms with E-state index in [1.807, 2.05) is 18.2 Å². The Hall–Kier alpha value is -0.586. The maximum atomic E-state index is 9.36. The summed E-state index contributed by atoms with van der Waals surface area (Å²) in [4.78, 5) is 0. The SMILES string of the molecule is C[Si](C)O[Si]c1ccccc1O. The molecule has 4 heteroatoms. The Balaban J connectivity index is 2.57. The van der Waals surface area contributed by atoms with E-state index in [4.69, 9.17) is 4.12 Å². The molecule has 3 radical (unpaired) electrons. The monoisotopic (exact) mass is 195 g/mol. The normalized spacial score (nSPS) is 10.6. The second-order valence-corrected chi connectivity index (χ2v) is 6.01. The predicted octanol–water partition coefficient (Wildman–Crippen LogP) is 0.904. The van der Waals surface area contributed by atoms with Gasteiger partial charge in [0.15, 0.2) is 9.04 Å². The van der Waals surface area contributed by atoms with Gasteiger partial charge in [-0.3, -0.25) is 0 Å². The highest BCUT2D eigenvalue weighted by Gasteiger charge is 2.04. The molecule has 0 aromatic heterocycles. The minimum Gasteiger partial charge on any atom is -0.508 e. The van der Waals surface area contributed by atoms with Crippen molar-refractivity contribution >= 4 is 24.0 Å². The lowest BCUT2D eigenvalue weighted by atomic mass is 10.3. The molecule has 0 spiro atoms. The van der Waals surface area contributed by atoms with E-state index in [2.05, 4.69) is 13.1 Å². The van der Waals surface area contributed by atoms with Gasteiger partial charge >= 0.3 is 0 Å². The highest BCUT2D eigenvalue weighted by molar-refractivity contribution is 6.62. The Morgan fingerprint density at radius 1 is 1.33 bits per heavy atom. The quantitative estimate of drug-likeness (QED) is 0.726. The van der Waals surface area contributed by atoms with Gasteiger partial charge in [-0.2, -0.15) is 0 Å². The molecular formula is C8H11O2Si2. The van der Waals surface area contributed by atoms with Crippen LogP contribution in [-0.2, 0) is 4.12 Å². The van der Waals surface area contributed by atoms with Crippen LogP contribution in [0.25, 0.3) is 0 Å². The summed E-state index contributed by atoms with van der Waals surface area (Å²) in [5, 5.41) is 10.3. The number of hydrogen-bond donors (Lipinski definition) is 1. The number of phenols is 1. The van der Waals surface area contributed by atoms with Gasteiger partial charge in [-0.05, 0) is 19.2 Å². The topological polar surface area (TPSA) is 29.5 Å². The third kappa shape index (κ3) is 2.80. The summed E-state index contributed by atoms with van der Waals surface area (Å²) < 4.78 is 5.48. The summed E-state index contributed by atoms with van der Waals surface area (Å²) >= 11 is 0. The van der Waals surface area contributed by atoms with E-state index in [1.165, 1.54) is 0 Å². The third-order valence-corrected chi connectivity index (χ3v) is 3.95. The maximum absolute atomic E-state index is 9.36.